The Morgan fingerprint density at radius 3 is 0.835 bits per heavy atom. The molecular weight excluding hydrogens is 1110 g/mol. The standard InChI is InChI=1S/C68H64N12O4.Zn/c1-77(2,3)41-23-19-27-45(37-41)81-57-55-56(58(82-46-28-20-24-42(38-46)78(4,5)6)60(84-48-30-22-26-44(40-48)80(10,11)12)59(57)83-47-29-21-25-43(39-47)79(7,8)9)68-75-66-54-36-18-16-34-52(54)64(73-66)71-62-50-32-14-13-31-49(50)61(69-62)70-63-51-33-15-17-35-53(51)65(72-63)74-67(55)76-68;/h13-40H,1-12H3;/q2*+2. The minimum Gasteiger partial charge on any atom is -0.452 e. The first kappa shape index (κ1) is 56.3. The van der Waals surface area contributed by atoms with Gasteiger partial charge < -0.3 is 48.9 Å². The van der Waals surface area contributed by atoms with Crippen molar-refractivity contribution in [2.75, 3.05) is 84.6 Å². The van der Waals surface area contributed by atoms with Crippen LogP contribution in [0.3, 0.4) is 0 Å². The van der Waals surface area contributed by atoms with Crippen molar-refractivity contribution < 1.29 is 38.4 Å². The van der Waals surface area contributed by atoms with E-state index in [9.17, 15) is 0 Å². The van der Waals surface area contributed by atoms with Gasteiger partial charge in [-0.15, -0.1) is 0 Å². The fourth-order valence-corrected chi connectivity index (χ4v) is 10.4. The van der Waals surface area contributed by atoms with E-state index in [2.05, 4.69) is 109 Å². The summed E-state index contributed by atoms with van der Waals surface area (Å²) in [7, 11) is 25.4. The maximum Gasteiger partial charge on any atom is 2.00 e. The van der Waals surface area contributed by atoms with Crippen molar-refractivity contribution in [3.05, 3.63) is 170 Å². The minimum absolute atomic E-state index is 0. The van der Waals surface area contributed by atoms with Crippen molar-refractivity contribution in [3.63, 3.8) is 0 Å². The van der Waals surface area contributed by atoms with E-state index in [0.717, 1.165) is 55.4 Å². The van der Waals surface area contributed by atoms with E-state index < -0.39 is 0 Å². The van der Waals surface area contributed by atoms with Crippen molar-refractivity contribution in [2.24, 2.45) is 0 Å². The van der Waals surface area contributed by atoms with Gasteiger partial charge in [0.15, 0.2) is 11.5 Å². The van der Waals surface area contributed by atoms with E-state index >= 15 is 0 Å². The van der Waals surface area contributed by atoms with Gasteiger partial charge in [-0.3, -0.25) is 17.9 Å². The summed E-state index contributed by atoms with van der Waals surface area (Å²) in [6.07, 6.45) is 0. The van der Waals surface area contributed by atoms with Crippen LogP contribution in [0.4, 0.5) is 22.7 Å². The molecule has 8 bridgehead atoms. The number of aromatic nitrogens is 8. The molecule has 8 aromatic carbocycles. The number of fused-ring (bicyclic) bond motifs is 20. The van der Waals surface area contributed by atoms with Gasteiger partial charge >= 0.3 is 19.5 Å². The first-order chi connectivity index (χ1) is 40.1. The fraction of sp³-hybridized carbons (Fsp3) is 0.176. The van der Waals surface area contributed by atoms with Crippen LogP contribution in [0.1, 0.15) is 0 Å². The van der Waals surface area contributed by atoms with E-state index in [-0.39, 0.29) is 54.1 Å². The Labute approximate surface area is 506 Å². The van der Waals surface area contributed by atoms with Crippen LogP contribution < -0.4 is 46.8 Å². The summed E-state index contributed by atoms with van der Waals surface area (Å²) >= 11 is 0. The first-order valence-corrected chi connectivity index (χ1v) is 27.7. The van der Waals surface area contributed by atoms with Gasteiger partial charge in [0.25, 0.3) is 0 Å². The molecule has 0 saturated heterocycles. The number of nitrogens with zero attached hydrogens (tertiary/aromatic N) is 12. The zero-order chi connectivity index (χ0) is 58.5. The number of hydrogen-bond donors (Lipinski definition) is 0. The summed E-state index contributed by atoms with van der Waals surface area (Å²) < 4.78 is 31.9. The van der Waals surface area contributed by atoms with Crippen LogP contribution in [0.5, 0.6) is 46.0 Å². The van der Waals surface area contributed by atoms with Gasteiger partial charge in [0.05, 0.1) is 119 Å². The predicted molar refractivity (Wildman–Crippen MR) is 338 cm³/mol. The maximum absolute atomic E-state index is 7.48. The minimum atomic E-state index is 0. The van der Waals surface area contributed by atoms with Crippen LogP contribution in [0.2, 0.25) is 0 Å². The Balaban J connectivity index is 0.00000709. The molecule has 13 rings (SSSR count). The van der Waals surface area contributed by atoms with E-state index in [4.69, 9.17) is 58.8 Å². The number of rotatable bonds is 12. The van der Waals surface area contributed by atoms with Crippen molar-refractivity contribution in [2.45, 2.75) is 0 Å². The third-order valence-corrected chi connectivity index (χ3v) is 14.9. The largest absolute Gasteiger partial charge is 2.00 e. The van der Waals surface area contributed by atoms with Gasteiger partial charge in [0.1, 0.15) is 45.7 Å². The molecule has 3 aromatic heterocycles. The second kappa shape index (κ2) is 21.1. The molecule has 0 saturated carbocycles. The molecule has 16 nitrogen and oxygen atoms in total. The van der Waals surface area contributed by atoms with Crippen molar-refractivity contribution in [3.8, 4) is 91.5 Å². The Morgan fingerprint density at radius 1 is 0.282 bits per heavy atom. The summed E-state index contributed by atoms with van der Waals surface area (Å²) in [6, 6.07) is 55.8. The van der Waals surface area contributed by atoms with Crippen molar-refractivity contribution >= 4 is 66.9 Å². The number of hydrogen-bond acceptors (Lipinski definition) is 10. The molecule has 0 fully saturated rings. The molecule has 0 aliphatic carbocycles. The fourth-order valence-electron chi connectivity index (χ4n) is 10.4. The van der Waals surface area contributed by atoms with E-state index in [1.165, 1.54) is 0 Å². The maximum atomic E-state index is 7.48. The predicted octanol–water partition coefficient (Wildman–Crippen LogP) is 14.1. The quantitative estimate of drug-likeness (QED) is 0.0849. The molecule has 0 N–H and O–H groups in total. The molecule has 5 heterocycles. The second-order valence-corrected chi connectivity index (χ2v) is 24.6. The third-order valence-electron chi connectivity index (χ3n) is 14.9. The molecule has 0 radical (unpaired) electrons. The Morgan fingerprint density at radius 2 is 0.541 bits per heavy atom. The molecule has 17 heteroatoms. The summed E-state index contributed by atoms with van der Waals surface area (Å²) in [4.78, 5) is 42.5. The summed E-state index contributed by atoms with van der Waals surface area (Å²) in [5.74, 6) is 4.21. The van der Waals surface area contributed by atoms with Crippen LogP contribution in [0.15, 0.2) is 170 Å². The van der Waals surface area contributed by atoms with Gasteiger partial charge in [-0.2, -0.15) is 0 Å². The molecule has 85 heavy (non-hydrogen) atoms. The van der Waals surface area contributed by atoms with Gasteiger partial charge in [-0.1, -0.05) is 97.1 Å². The third kappa shape index (κ3) is 10.8. The molecule has 2 aliphatic heterocycles. The Bertz CT molecular complexity index is 4360. The Kier molecular flexibility index (Phi) is 14.0. The van der Waals surface area contributed by atoms with Crippen LogP contribution >= 0.6 is 0 Å². The summed E-state index contributed by atoms with van der Waals surface area (Å²) in [5.41, 5.74) is 7.96. The molecule has 0 spiro atoms. The zero-order valence-electron chi connectivity index (χ0n) is 49.9. The van der Waals surface area contributed by atoms with Gasteiger partial charge in [0, 0.05) is 58.0 Å². The average Bonchev–Trinajstić information content (AvgIpc) is 1.91. The number of benzene rings is 8. The first-order valence-electron chi connectivity index (χ1n) is 27.7. The topological polar surface area (TPSA) is 142 Å². The van der Waals surface area contributed by atoms with E-state index in [1.807, 2.05) is 146 Å². The van der Waals surface area contributed by atoms with Gasteiger partial charge in [-0.05, 0) is 70.1 Å². The summed E-state index contributed by atoms with van der Waals surface area (Å²) in [5, 5.41) is 3.01. The zero-order valence-corrected chi connectivity index (χ0v) is 52.8. The summed E-state index contributed by atoms with van der Waals surface area (Å²) in [6.45, 7) is 0. The molecule has 0 amide bonds. The molecule has 11 aromatic rings. The molecular formula is C68H64N12O4Zn+4. The molecule has 0 unspecified atom stereocenters. The number of quaternary nitrogens is 4. The van der Waals surface area contributed by atoms with E-state index in [1.54, 1.807) is 0 Å². The smallest absolute Gasteiger partial charge is 0.452 e. The van der Waals surface area contributed by atoms with Crippen LogP contribution in [0.25, 0.3) is 89.7 Å². The second-order valence-electron chi connectivity index (χ2n) is 24.6. The normalized spacial score (nSPS) is 12.4. The van der Waals surface area contributed by atoms with Crippen LogP contribution in [0, 0.1) is 0 Å². The monoisotopic (exact) mass is 1180 g/mol. The van der Waals surface area contributed by atoms with Crippen LogP contribution in [-0.2, 0) is 19.5 Å². The molecule has 418 valence electrons. The molecule has 0 atom stereocenters. The van der Waals surface area contributed by atoms with E-state index in [0.29, 0.717) is 86.3 Å². The van der Waals surface area contributed by atoms with Gasteiger partial charge in [-0.25, -0.2) is 9.97 Å². The SMILES string of the molecule is C[N+](C)(C)c1cccc(Oc2c(Oc3cccc([N+](C)(C)C)c3)c(Oc3cccc([N+](C)(C)C)c3)c3c(c2Oc2cccc([N+](C)(C)C)c2)-c2nc-3nc3[n-]c(nc4nc(nc5[n-]c(n2)c2ccccc52)-c2ccccc2-4)c2ccccc32)c1.[Zn+2]. The number of ether oxygens (including phenoxy) is 4. The van der Waals surface area contributed by atoms with Gasteiger partial charge in [0.2, 0.25) is 11.5 Å². The van der Waals surface area contributed by atoms with Crippen molar-refractivity contribution in [1.82, 2.24) is 57.8 Å². The molecule has 2 aliphatic rings. The Hall–Kier alpha value is -9.22. The van der Waals surface area contributed by atoms with Crippen molar-refractivity contribution in [1.29, 1.82) is 0 Å². The van der Waals surface area contributed by atoms with Crippen LogP contribution in [-0.4, -0.2) is 114 Å². The average molecular weight is 1180 g/mol.